The van der Waals surface area contributed by atoms with E-state index < -0.39 is 12.1 Å². The minimum Gasteiger partial charge on any atom is -0.466 e. The Bertz CT molecular complexity index is 1270. The second kappa shape index (κ2) is 70.8. The third-order valence-electron chi connectivity index (χ3n) is 17.5. The van der Waals surface area contributed by atoms with Crippen LogP contribution in [0, 0.1) is 0 Å². The molecule has 0 aliphatic carbocycles. The van der Waals surface area contributed by atoms with Crippen LogP contribution >= 0.6 is 0 Å². The summed E-state index contributed by atoms with van der Waals surface area (Å²) in [5, 5.41) is 23.4. The summed E-state index contributed by atoms with van der Waals surface area (Å²) < 4.78 is 5.50. The van der Waals surface area contributed by atoms with Gasteiger partial charge < -0.3 is 20.3 Å². The van der Waals surface area contributed by atoms with E-state index >= 15 is 0 Å². The SMILES string of the molecule is CCCCCC/C=C\C/C=C\CCCCCCCC(=O)OCCCCCCCCCCCCCCCCCCCCCCCCCCCCCCCCCC(=O)NC(CO)C(O)CCCCCCCCCCCCCCCCCCC. The van der Waals surface area contributed by atoms with Gasteiger partial charge in [0, 0.05) is 12.8 Å². The summed E-state index contributed by atoms with van der Waals surface area (Å²) in [5.74, 6) is -0.0189. The first-order valence-electron chi connectivity index (χ1n) is 37.1. The number of allylic oxidation sites excluding steroid dienone is 4. The van der Waals surface area contributed by atoms with Gasteiger partial charge in [-0.1, -0.05) is 372 Å². The van der Waals surface area contributed by atoms with Gasteiger partial charge in [-0.15, -0.1) is 0 Å². The highest BCUT2D eigenvalue weighted by molar-refractivity contribution is 5.76. The topological polar surface area (TPSA) is 95.9 Å². The predicted octanol–water partition coefficient (Wildman–Crippen LogP) is 24.1. The van der Waals surface area contributed by atoms with Crippen LogP contribution in [-0.4, -0.2) is 47.4 Å². The zero-order valence-electron chi connectivity index (χ0n) is 55.0. The van der Waals surface area contributed by atoms with Crippen molar-refractivity contribution in [3.8, 4) is 0 Å². The molecule has 0 bridgehead atoms. The molecule has 0 saturated carbocycles. The molecule has 0 radical (unpaired) electrons. The monoisotopic (exact) mass is 1140 g/mol. The molecule has 0 fully saturated rings. The number of rotatable bonds is 70. The zero-order valence-corrected chi connectivity index (χ0v) is 55.0. The Balaban J connectivity index is 3.32. The molecule has 6 nitrogen and oxygen atoms in total. The van der Waals surface area contributed by atoms with Gasteiger partial charge in [0.25, 0.3) is 0 Å². The minimum atomic E-state index is -0.661. The first kappa shape index (κ1) is 79.3. The quantitative estimate of drug-likeness (QED) is 0.0320. The Hall–Kier alpha value is -1.66. The lowest BCUT2D eigenvalue weighted by Crippen LogP contribution is -2.45. The second-order valence-corrected chi connectivity index (χ2v) is 25.6. The van der Waals surface area contributed by atoms with E-state index in [9.17, 15) is 19.8 Å². The molecular formula is C75H145NO5. The molecule has 0 aromatic heterocycles. The van der Waals surface area contributed by atoms with Gasteiger partial charge in [-0.25, -0.2) is 0 Å². The Morgan fingerprint density at radius 3 is 0.951 bits per heavy atom. The fourth-order valence-corrected chi connectivity index (χ4v) is 11.9. The van der Waals surface area contributed by atoms with Gasteiger partial charge >= 0.3 is 5.97 Å². The molecule has 2 unspecified atom stereocenters. The van der Waals surface area contributed by atoms with Gasteiger partial charge in [0.05, 0.1) is 25.4 Å². The van der Waals surface area contributed by atoms with Crippen LogP contribution in [0.5, 0.6) is 0 Å². The molecule has 0 spiro atoms. The number of carbonyl (C=O) groups is 2. The van der Waals surface area contributed by atoms with E-state index in [1.165, 1.54) is 334 Å². The van der Waals surface area contributed by atoms with Crippen molar-refractivity contribution in [3.05, 3.63) is 24.3 Å². The van der Waals surface area contributed by atoms with Crippen LogP contribution in [-0.2, 0) is 14.3 Å². The Kier molecular flexibility index (Phi) is 69.4. The number of hydrogen-bond acceptors (Lipinski definition) is 5. The Morgan fingerprint density at radius 1 is 0.346 bits per heavy atom. The molecule has 2 atom stereocenters. The lowest BCUT2D eigenvalue weighted by Gasteiger charge is -2.22. The average molecular weight is 1140 g/mol. The molecular weight excluding hydrogens is 995 g/mol. The van der Waals surface area contributed by atoms with Crippen molar-refractivity contribution < 1.29 is 24.5 Å². The van der Waals surface area contributed by atoms with E-state index in [1.54, 1.807) is 0 Å². The lowest BCUT2D eigenvalue weighted by atomic mass is 10.0. The average Bonchev–Trinajstić information content (AvgIpc) is 3.47. The highest BCUT2D eigenvalue weighted by Gasteiger charge is 2.20. The molecule has 0 aliphatic rings. The van der Waals surface area contributed by atoms with Crippen molar-refractivity contribution in [3.63, 3.8) is 0 Å². The van der Waals surface area contributed by atoms with Crippen molar-refractivity contribution in [1.82, 2.24) is 5.32 Å². The van der Waals surface area contributed by atoms with E-state index in [-0.39, 0.29) is 18.5 Å². The van der Waals surface area contributed by atoms with Gasteiger partial charge in [0.2, 0.25) is 5.91 Å². The molecule has 3 N–H and O–H groups in total. The molecule has 0 saturated heterocycles. The number of amides is 1. The van der Waals surface area contributed by atoms with E-state index in [4.69, 9.17) is 4.74 Å². The number of ether oxygens (including phenoxy) is 1. The largest absolute Gasteiger partial charge is 0.466 e. The first-order chi connectivity index (χ1) is 40.0. The van der Waals surface area contributed by atoms with Crippen LogP contribution in [0.15, 0.2) is 24.3 Å². The summed E-state index contributed by atoms with van der Waals surface area (Å²) in [6, 6.07) is -0.538. The van der Waals surface area contributed by atoms with Crippen LogP contribution in [0.4, 0.5) is 0 Å². The van der Waals surface area contributed by atoms with E-state index in [0.717, 1.165) is 51.4 Å². The standard InChI is InChI=1S/C75H145NO5/c1-3-5-7-9-11-13-15-17-19-36-39-43-47-51-55-59-63-67-73(78)72(71-77)76-74(79)68-64-60-56-52-48-44-40-37-34-32-30-28-26-24-22-21-23-25-27-29-31-33-35-38-42-46-50-54-58-62-66-70-81-75(80)69-65-61-57-53-49-45-41-20-18-16-14-12-10-8-6-4-2/h14,16,20,41,72-73,77-78H,3-13,15,17-19,21-40,42-71H2,1-2H3,(H,76,79)/b16-14-,41-20-. The molecule has 6 heteroatoms. The van der Waals surface area contributed by atoms with Gasteiger partial charge in [0.1, 0.15) is 0 Å². The molecule has 0 heterocycles. The maximum Gasteiger partial charge on any atom is 0.305 e. The maximum atomic E-state index is 12.5. The fraction of sp³-hybridized carbons (Fsp3) is 0.920. The maximum absolute atomic E-state index is 12.5. The molecule has 0 rings (SSSR count). The normalized spacial score (nSPS) is 12.6. The Labute approximate surface area is 507 Å². The minimum absolute atomic E-state index is 0.00794. The number of esters is 1. The number of aliphatic hydroxyl groups is 2. The van der Waals surface area contributed by atoms with Crippen LogP contribution in [0.1, 0.15) is 418 Å². The summed E-state index contributed by atoms with van der Waals surface area (Å²) >= 11 is 0. The highest BCUT2D eigenvalue weighted by Crippen LogP contribution is 2.20. The van der Waals surface area contributed by atoms with Gasteiger partial charge in [-0.05, 0) is 57.8 Å². The number of carbonyl (C=O) groups excluding carboxylic acids is 2. The van der Waals surface area contributed by atoms with Crippen LogP contribution in [0.3, 0.4) is 0 Å². The molecule has 0 aromatic rings. The van der Waals surface area contributed by atoms with E-state index in [2.05, 4.69) is 43.5 Å². The third kappa shape index (κ3) is 67.3. The number of unbranched alkanes of at least 4 members (excludes halogenated alkanes) is 55. The number of aliphatic hydroxyl groups excluding tert-OH is 2. The van der Waals surface area contributed by atoms with Gasteiger partial charge in [-0.2, -0.15) is 0 Å². The zero-order chi connectivity index (χ0) is 58.5. The van der Waals surface area contributed by atoms with E-state index in [1.807, 2.05) is 0 Å². The van der Waals surface area contributed by atoms with Crippen molar-refractivity contribution >= 4 is 11.9 Å². The van der Waals surface area contributed by atoms with Crippen molar-refractivity contribution in [2.24, 2.45) is 0 Å². The summed E-state index contributed by atoms with van der Waals surface area (Å²) in [6.45, 7) is 4.97. The van der Waals surface area contributed by atoms with Crippen molar-refractivity contribution in [1.29, 1.82) is 0 Å². The second-order valence-electron chi connectivity index (χ2n) is 25.6. The van der Waals surface area contributed by atoms with Crippen molar-refractivity contribution in [2.75, 3.05) is 13.2 Å². The summed E-state index contributed by atoms with van der Waals surface area (Å²) in [5.41, 5.74) is 0. The molecule has 480 valence electrons. The molecule has 0 aromatic carbocycles. The summed E-state index contributed by atoms with van der Waals surface area (Å²) in [6.07, 6.45) is 89.6. The van der Waals surface area contributed by atoms with E-state index in [0.29, 0.717) is 25.9 Å². The van der Waals surface area contributed by atoms with Crippen LogP contribution in [0.25, 0.3) is 0 Å². The van der Waals surface area contributed by atoms with Crippen LogP contribution in [0.2, 0.25) is 0 Å². The fourth-order valence-electron chi connectivity index (χ4n) is 11.9. The van der Waals surface area contributed by atoms with Crippen molar-refractivity contribution in [2.45, 2.75) is 431 Å². The summed E-state index contributed by atoms with van der Waals surface area (Å²) in [4.78, 5) is 24.6. The van der Waals surface area contributed by atoms with Crippen LogP contribution < -0.4 is 5.32 Å². The Morgan fingerprint density at radius 2 is 0.617 bits per heavy atom. The smallest absolute Gasteiger partial charge is 0.305 e. The molecule has 81 heavy (non-hydrogen) atoms. The number of hydrogen-bond donors (Lipinski definition) is 3. The molecule has 0 aliphatic heterocycles. The third-order valence-corrected chi connectivity index (χ3v) is 17.5. The number of nitrogens with one attached hydrogen (secondary N) is 1. The predicted molar refractivity (Wildman–Crippen MR) is 356 cm³/mol. The van der Waals surface area contributed by atoms with Gasteiger partial charge in [0.15, 0.2) is 0 Å². The lowest BCUT2D eigenvalue weighted by molar-refractivity contribution is -0.143. The van der Waals surface area contributed by atoms with Gasteiger partial charge in [-0.3, -0.25) is 9.59 Å². The highest BCUT2D eigenvalue weighted by atomic mass is 16.5. The molecule has 1 amide bonds. The summed E-state index contributed by atoms with van der Waals surface area (Å²) in [7, 11) is 0. The first-order valence-corrected chi connectivity index (χ1v) is 37.1.